The first kappa shape index (κ1) is 17.7. The molecule has 4 rings (SSSR count). The topological polar surface area (TPSA) is 62.3 Å². The molecule has 0 radical (unpaired) electrons. The van der Waals surface area contributed by atoms with Crippen LogP contribution in [0.25, 0.3) is 0 Å². The number of piperidine rings is 1. The summed E-state index contributed by atoms with van der Waals surface area (Å²) in [7, 11) is 0. The lowest BCUT2D eigenvalue weighted by atomic mass is 9.98. The van der Waals surface area contributed by atoms with Crippen molar-refractivity contribution in [3.05, 3.63) is 38.5 Å². The van der Waals surface area contributed by atoms with Crippen LogP contribution in [0.2, 0.25) is 0 Å². The Morgan fingerprint density at radius 2 is 2.15 bits per heavy atom. The highest BCUT2D eigenvalue weighted by Crippen LogP contribution is 2.30. The second-order valence-corrected chi connectivity index (χ2v) is 8.76. The van der Waals surface area contributed by atoms with Gasteiger partial charge in [-0.3, -0.25) is 9.59 Å². The summed E-state index contributed by atoms with van der Waals surface area (Å²) in [5.74, 6) is 0.909. The minimum Gasteiger partial charge on any atom is -0.355 e. The fourth-order valence-corrected chi connectivity index (χ4v) is 4.97. The highest BCUT2D eigenvalue weighted by atomic mass is 32.1. The highest BCUT2D eigenvalue weighted by molar-refractivity contribution is 7.09. The van der Waals surface area contributed by atoms with Crippen LogP contribution in [0.1, 0.15) is 52.7 Å². The summed E-state index contributed by atoms with van der Waals surface area (Å²) >= 11 is 3.24. The molecule has 0 bridgehead atoms. The number of thiazole rings is 1. The molecule has 1 saturated carbocycles. The fourth-order valence-electron chi connectivity index (χ4n) is 3.36. The lowest BCUT2D eigenvalue weighted by molar-refractivity contribution is -0.122. The quantitative estimate of drug-likeness (QED) is 0.825. The van der Waals surface area contributed by atoms with Crippen LogP contribution in [0.15, 0.2) is 22.2 Å². The van der Waals surface area contributed by atoms with Crippen LogP contribution >= 0.6 is 22.7 Å². The number of likely N-dealkylation sites (tertiary alicyclic amines) is 1. The zero-order chi connectivity index (χ0) is 17.9. The van der Waals surface area contributed by atoms with Gasteiger partial charge in [0.05, 0.1) is 16.3 Å². The SMILES string of the molecule is O=C(NCCc1csc([C@H]2CCCN(C(=O)c3ccsc3)C2)n1)C1CC1. The Kier molecular flexibility index (Phi) is 5.36. The lowest BCUT2D eigenvalue weighted by Gasteiger charge is -2.31. The normalized spacial score (nSPS) is 20.2. The first-order chi connectivity index (χ1) is 12.7. The molecule has 2 aromatic heterocycles. The van der Waals surface area contributed by atoms with E-state index in [1.165, 1.54) is 0 Å². The van der Waals surface area contributed by atoms with E-state index in [0.29, 0.717) is 12.5 Å². The van der Waals surface area contributed by atoms with Crippen LogP contribution in [0, 0.1) is 5.92 Å². The predicted octanol–water partition coefficient (Wildman–Crippen LogP) is 3.29. The maximum absolute atomic E-state index is 12.6. The zero-order valence-electron chi connectivity index (χ0n) is 14.6. The summed E-state index contributed by atoms with van der Waals surface area (Å²) < 4.78 is 0. The molecule has 138 valence electrons. The molecule has 2 aromatic rings. The van der Waals surface area contributed by atoms with E-state index >= 15 is 0 Å². The predicted molar refractivity (Wildman–Crippen MR) is 104 cm³/mol. The third-order valence-electron chi connectivity index (χ3n) is 5.02. The van der Waals surface area contributed by atoms with Crippen LogP contribution < -0.4 is 5.32 Å². The van der Waals surface area contributed by atoms with Gasteiger partial charge < -0.3 is 10.2 Å². The zero-order valence-corrected chi connectivity index (χ0v) is 16.3. The summed E-state index contributed by atoms with van der Waals surface area (Å²) in [6, 6.07) is 1.90. The number of nitrogens with one attached hydrogen (secondary N) is 1. The van der Waals surface area contributed by atoms with Gasteiger partial charge in [0.25, 0.3) is 5.91 Å². The molecule has 3 heterocycles. The van der Waals surface area contributed by atoms with E-state index in [-0.39, 0.29) is 17.7 Å². The molecule has 2 amide bonds. The molecule has 7 heteroatoms. The number of nitrogens with zero attached hydrogens (tertiary/aromatic N) is 2. The monoisotopic (exact) mass is 389 g/mol. The van der Waals surface area contributed by atoms with E-state index in [9.17, 15) is 9.59 Å². The smallest absolute Gasteiger partial charge is 0.254 e. The summed E-state index contributed by atoms with van der Waals surface area (Å²) in [6.07, 6.45) is 4.95. The Morgan fingerprint density at radius 1 is 1.27 bits per heavy atom. The largest absolute Gasteiger partial charge is 0.355 e. The Morgan fingerprint density at radius 3 is 2.92 bits per heavy atom. The minimum absolute atomic E-state index is 0.135. The first-order valence-electron chi connectivity index (χ1n) is 9.24. The number of hydrogen-bond acceptors (Lipinski definition) is 5. The van der Waals surface area contributed by atoms with Crippen LogP contribution in [0.5, 0.6) is 0 Å². The van der Waals surface area contributed by atoms with E-state index in [1.54, 1.807) is 22.7 Å². The second kappa shape index (κ2) is 7.88. The van der Waals surface area contributed by atoms with E-state index < -0.39 is 0 Å². The van der Waals surface area contributed by atoms with Crippen molar-refractivity contribution in [2.24, 2.45) is 5.92 Å². The lowest BCUT2D eigenvalue weighted by Crippen LogP contribution is -2.38. The van der Waals surface area contributed by atoms with Crippen molar-refractivity contribution in [1.29, 1.82) is 0 Å². The summed E-state index contributed by atoms with van der Waals surface area (Å²) in [4.78, 5) is 31.0. The van der Waals surface area contributed by atoms with Gasteiger partial charge >= 0.3 is 0 Å². The van der Waals surface area contributed by atoms with E-state index in [1.807, 2.05) is 21.7 Å². The van der Waals surface area contributed by atoms with E-state index in [0.717, 1.165) is 61.5 Å². The Bertz CT molecular complexity index is 768. The minimum atomic E-state index is 0.135. The van der Waals surface area contributed by atoms with Crippen LogP contribution in [0.3, 0.4) is 0 Å². The van der Waals surface area contributed by atoms with Gasteiger partial charge in [-0.25, -0.2) is 4.98 Å². The van der Waals surface area contributed by atoms with Gasteiger partial charge in [0.15, 0.2) is 0 Å². The molecule has 26 heavy (non-hydrogen) atoms. The maximum Gasteiger partial charge on any atom is 0.254 e. The van der Waals surface area contributed by atoms with Crippen LogP contribution in [0.4, 0.5) is 0 Å². The first-order valence-corrected chi connectivity index (χ1v) is 11.1. The van der Waals surface area contributed by atoms with Crippen molar-refractivity contribution in [3.8, 4) is 0 Å². The average molecular weight is 390 g/mol. The molecule has 2 fully saturated rings. The van der Waals surface area contributed by atoms with Gasteiger partial charge in [0.2, 0.25) is 5.91 Å². The van der Waals surface area contributed by atoms with Crippen LogP contribution in [-0.2, 0) is 11.2 Å². The summed E-state index contributed by atoms with van der Waals surface area (Å²) in [5, 5.41) is 10.1. The number of thiophene rings is 1. The molecule has 0 spiro atoms. The van der Waals surface area contributed by atoms with Gasteiger partial charge in [0, 0.05) is 48.7 Å². The fraction of sp³-hybridized carbons (Fsp3) is 0.526. The van der Waals surface area contributed by atoms with Crippen molar-refractivity contribution in [1.82, 2.24) is 15.2 Å². The number of aromatic nitrogens is 1. The molecule has 1 aliphatic heterocycles. The Balaban J connectivity index is 1.31. The number of carbonyl (C=O) groups is 2. The third kappa shape index (κ3) is 4.15. The van der Waals surface area contributed by atoms with Crippen molar-refractivity contribution in [2.45, 2.75) is 38.0 Å². The maximum atomic E-state index is 12.6. The molecule has 1 N–H and O–H groups in total. The number of amides is 2. The molecule has 1 aliphatic carbocycles. The molecule has 2 aliphatic rings. The molecular weight excluding hydrogens is 366 g/mol. The molecule has 1 saturated heterocycles. The number of rotatable bonds is 6. The third-order valence-corrected chi connectivity index (χ3v) is 6.76. The second-order valence-electron chi connectivity index (χ2n) is 7.09. The van der Waals surface area contributed by atoms with Gasteiger partial charge in [-0.05, 0) is 37.1 Å². The van der Waals surface area contributed by atoms with E-state index in [4.69, 9.17) is 4.98 Å². The molecule has 1 atom stereocenters. The Labute approximate surface area is 161 Å². The molecule has 0 aromatic carbocycles. The molecule has 5 nitrogen and oxygen atoms in total. The van der Waals surface area contributed by atoms with Crippen molar-refractivity contribution >= 4 is 34.5 Å². The van der Waals surface area contributed by atoms with Gasteiger partial charge in [-0.2, -0.15) is 11.3 Å². The van der Waals surface area contributed by atoms with Crippen molar-refractivity contribution in [3.63, 3.8) is 0 Å². The average Bonchev–Trinajstić information content (AvgIpc) is 3.18. The summed E-state index contributed by atoms with van der Waals surface area (Å²) in [5.41, 5.74) is 1.84. The van der Waals surface area contributed by atoms with Gasteiger partial charge in [-0.15, -0.1) is 11.3 Å². The standard InChI is InChI=1S/C19H23N3O2S2/c23-17(13-3-4-13)20-7-5-16-12-26-18(21-16)14-2-1-8-22(10-14)19(24)15-6-9-25-11-15/h6,9,11-14H,1-5,7-8,10H2,(H,20,23)/t14-/m0/s1. The van der Waals surface area contributed by atoms with Crippen LogP contribution in [-0.4, -0.2) is 41.3 Å². The number of hydrogen-bond donors (Lipinski definition) is 1. The van der Waals surface area contributed by atoms with Gasteiger partial charge in [0.1, 0.15) is 0 Å². The van der Waals surface area contributed by atoms with E-state index in [2.05, 4.69) is 10.7 Å². The Hall–Kier alpha value is -1.73. The molecular formula is C19H23N3O2S2. The summed E-state index contributed by atoms with van der Waals surface area (Å²) in [6.45, 7) is 2.24. The van der Waals surface area contributed by atoms with Crippen molar-refractivity contribution < 1.29 is 9.59 Å². The van der Waals surface area contributed by atoms with Crippen molar-refractivity contribution in [2.75, 3.05) is 19.6 Å². The number of carbonyl (C=O) groups excluding carboxylic acids is 2. The van der Waals surface area contributed by atoms with Gasteiger partial charge in [-0.1, -0.05) is 0 Å². The molecule has 0 unspecified atom stereocenters. The highest BCUT2D eigenvalue weighted by Gasteiger charge is 2.29.